The van der Waals surface area contributed by atoms with E-state index in [4.69, 9.17) is 33.0 Å². The minimum Gasteiger partial charge on any atom is -0.494 e. The Balaban J connectivity index is 3.11. The fourth-order valence-corrected chi connectivity index (χ4v) is 1.76. The summed E-state index contributed by atoms with van der Waals surface area (Å²) in [4.78, 5) is 11.9. The molecule has 0 aromatic heterocycles. The van der Waals surface area contributed by atoms with Crippen LogP contribution in [0.5, 0.6) is 5.75 Å². The molecule has 1 aromatic rings. The number of ether oxygens (including phenoxy) is 1. The maximum atomic E-state index is 11.9. The third-order valence-corrected chi connectivity index (χ3v) is 2.75. The van der Waals surface area contributed by atoms with Gasteiger partial charge < -0.3 is 15.2 Å². The molecule has 0 spiro atoms. The highest BCUT2D eigenvalue weighted by Crippen LogP contribution is 2.33. The standard InChI is InChI=1S/C11H13Cl2NO3/c1-6(5-15)14-11(16)9-7(12)3-4-8(13)10(9)17-2/h3-4,6,15H,5H2,1-2H3,(H,14,16)/t6-/m0/s1. The van der Waals surface area contributed by atoms with E-state index < -0.39 is 5.91 Å². The quantitative estimate of drug-likeness (QED) is 0.886. The van der Waals surface area contributed by atoms with Crippen LogP contribution in [0.2, 0.25) is 10.0 Å². The summed E-state index contributed by atoms with van der Waals surface area (Å²) in [6, 6.07) is 2.70. The first kappa shape index (κ1) is 14.1. The lowest BCUT2D eigenvalue weighted by Gasteiger charge is -2.15. The van der Waals surface area contributed by atoms with E-state index in [2.05, 4.69) is 5.32 Å². The van der Waals surface area contributed by atoms with E-state index in [1.807, 2.05) is 0 Å². The summed E-state index contributed by atoms with van der Waals surface area (Å²) in [6.07, 6.45) is 0. The van der Waals surface area contributed by atoms with Crippen LogP contribution < -0.4 is 10.1 Å². The predicted octanol–water partition coefficient (Wildman–Crippen LogP) is 2.11. The zero-order valence-electron chi connectivity index (χ0n) is 9.46. The summed E-state index contributed by atoms with van der Waals surface area (Å²) in [5.74, 6) is -0.210. The van der Waals surface area contributed by atoms with Crippen molar-refractivity contribution in [2.75, 3.05) is 13.7 Å². The average molecular weight is 278 g/mol. The molecule has 0 fully saturated rings. The van der Waals surface area contributed by atoms with Gasteiger partial charge >= 0.3 is 0 Å². The fraction of sp³-hybridized carbons (Fsp3) is 0.364. The lowest BCUT2D eigenvalue weighted by molar-refractivity contribution is 0.0919. The van der Waals surface area contributed by atoms with Crippen LogP contribution >= 0.6 is 23.2 Å². The van der Waals surface area contributed by atoms with E-state index in [9.17, 15) is 4.79 Å². The first-order valence-electron chi connectivity index (χ1n) is 4.95. The molecule has 1 aromatic carbocycles. The SMILES string of the molecule is COc1c(Cl)ccc(Cl)c1C(=O)N[C@@H](C)CO. The van der Waals surface area contributed by atoms with E-state index in [1.165, 1.54) is 13.2 Å². The summed E-state index contributed by atoms with van der Waals surface area (Å²) in [7, 11) is 1.41. The average Bonchev–Trinajstić information content (AvgIpc) is 2.31. The van der Waals surface area contributed by atoms with Gasteiger partial charge in [0.1, 0.15) is 5.56 Å². The number of hydrogen-bond acceptors (Lipinski definition) is 3. The van der Waals surface area contributed by atoms with Gasteiger partial charge in [0.15, 0.2) is 5.75 Å². The smallest absolute Gasteiger partial charge is 0.256 e. The van der Waals surface area contributed by atoms with Gasteiger partial charge in [-0.05, 0) is 19.1 Å². The van der Waals surface area contributed by atoms with E-state index in [1.54, 1.807) is 13.0 Å². The lowest BCUT2D eigenvalue weighted by Crippen LogP contribution is -2.35. The van der Waals surface area contributed by atoms with Gasteiger partial charge in [-0.25, -0.2) is 0 Å². The van der Waals surface area contributed by atoms with Crippen molar-refractivity contribution in [3.8, 4) is 5.75 Å². The molecule has 0 saturated carbocycles. The maximum Gasteiger partial charge on any atom is 0.256 e. The number of rotatable bonds is 4. The van der Waals surface area contributed by atoms with Crippen LogP contribution in [0.25, 0.3) is 0 Å². The van der Waals surface area contributed by atoms with Crippen molar-refractivity contribution >= 4 is 29.1 Å². The molecule has 2 N–H and O–H groups in total. The third kappa shape index (κ3) is 3.25. The number of carbonyl (C=O) groups is 1. The van der Waals surface area contributed by atoms with E-state index in [0.717, 1.165) is 0 Å². The highest BCUT2D eigenvalue weighted by molar-refractivity contribution is 6.37. The number of aliphatic hydroxyl groups is 1. The monoisotopic (exact) mass is 277 g/mol. The second kappa shape index (κ2) is 6.10. The molecule has 0 aliphatic carbocycles. The molecule has 0 saturated heterocycles. The molecular formula is C11H13Cl2NO3. The van der Waals surface area contributed by atoms with Crippen LogP contribution in [0.15, 0.2) is 12.1 Å². The first-order chi connectivity index (χ1) is 8.01. The van der Waals surface area contributed by atoms with Crippen LogP contribution in [-0.2, 0) is 0 Å². The van der Waals surface area contributed by atoms with Crippen molar-refractivity contribution in [1.82, 2.24) is 5.32 Å². The number of benzene rings is 1. The second-order valence-electron chi connectivity index (χ2n) is 3.49. The molecule has 0 radical (unpaired) electrons. The molecule has 94 valence electrons. The van der Waals surface area contributed by atoms with Crippen LogP contribution in [0.4, 0.5) is 0 Å². The summed E-state index contributed by atoms with van der Waals surface area (Å²) in [5, 5.41) is 12.0. The van der Waals surface area contributed by atoms with Gasteiger partial charge in [0.05, 0.1) is 23.8 Å². The molecule has 0 aliphatic rings. The number of hydrogen-bond donors (Lipinski definition) is 2. The third-order valence-electron chi connectivity index (χ3n) is 2.14. The molecule has 0 aliphatic heterocycles. The van der Waals surface area contributed by atoms with Crippen molar-refractivity contribution in [1.29, 1.82) is 0 Å². The van der Waals surface area contributed by atoms with Crippen molar-refractivity contribution in [2.24, 2.45) is 0 Å². The van der Waals surface area contributed by atoms with Gasteiger partial charge in [0.2, 0.25) is 0 Å². The number of halogens is 2. The van der Waals surface area contributed by atoms with Crippen LogP contribution in [0.3, 0.4) is 0 Å². The van der Waals surface area contributed by atoms with E-state index >= 15 is 0 Å². The molecule has 1 amide bonds. The summed E-state index contributed by atoms with van der Waals surface area (Å²) in [6.45, 7) is 1.51. The first-order valence-corrected chi connectivity index (χ1v) is 5.70. The zero-order valence-corrected chi connectivity index (χ0v) is 11.0. The predicted molar refractivity (Wildman–Crippen MR) is 67.0 cm³/mol. The molecule has 17 heavy (non-hydrogen) atoms. The molecule has 4 nitrogen and oxygen atoms in total. The van der Waals surface area contributed by atoms with Gasteiger partial charge in [0.25, 0.3) is 5.91 Å². The van der Waals surface area contributed by atoms with Gasteiger partial charge in [0, 0.05) is 6.04 Å². The second-order valence-corrected chi connectivity index (χ2v) is 4.31. The number of aliphatic hydroxyl groups excluding tert-OH is 1. The van der Waals surface area contributed by atoms with Gasteiger partial charge in [-0.15, -0.1) is 0 Å². The largest absolute Gasteiger partial charge is 0.494 e. The van der Waals surface area contributed by atoms with E-state index in [0.29, 0.717) is 5.02 Å². The molecule has 0 heterocycles. The highest BCUT2D eigenvalue weighted by atomic mass is 35.5. The lowest BCUT2D eigenvalue weighted by atomic mass is 10.1. The Morgan fingerprint density at radius 1 is 1.47 bits per heavy atom. The van der Waals surface area contributed by atoms with Gasteiger partial charge in [-0.1, -0.05) is 23.2 Å². The fourth-order valence-electron chi connectivity index (χ4n) is 1.29. The van der Waals surface area contributed by atoms with Gasteiger partial charge in [-0.2, -0.15) is 0 Å². The van der Waals surface area contributed by atoms with Crippen molar-refractivity contribution in [3.05, 3.63) is 27.7 Å². The Hall–Kier alpha value is -0.970. The summed E-state index contributed by atoms with van der Waals surface area (Å²) >= 11 is 11.8. The molecule has 1 atom stereocenters. The Morgan fingerprint density at radius 3 is 2.59 bits per heavy atom. The number of nitrogens with one attached hydrogen (secondary N) is 1. The highest BCUT2D eigenvalue weighted by Gasteiger charge is 2.20. The Bertz CT molecular complexity index is 423. The minimum atomic E-state index is -0.434. The molecule has 0 bridgehead atoms. The number of carbonyl (C=O) groups excluding carboxylic acids is 1. The number of methoxy groups -OCH3 is 1. The van der Waals surface area contributed by atoms with Crippen molar-refractivity contribution in [2.45, 2.75) is 13.0 Å². The van der Waals surface area contributed by atoms with E-state index in [-0.39, 0.29) is 29.0 Å². The number of amides is 1. The molecular weight excluding hydrogens is 265 g/mol. The Morgan fingerprint density at radius 2 is 2.06 bits per heavy atom. The summed E-state index contributed by atoms with van der Waals surface area (Å²) < 4.78 is 5.05. The molecule has 1 rings (SSSR count). The van der Waals surface area contributed by atoms with Crippen molar-refractivity contribution < 1.29 is 14.6 Å². The van der Waals surface area contributed by atoms with Crippen molar-refractivity contribution in [3.63, 3.8) is 0 Å². The minimum absolute atomic E-state index is 0.160. The molecule has 6 heteroatoms. The molecule has 0 unspecified atom stereocenters. The van der Waals surface area contributed by atoms with Gasteiger partial charge in [-0.3, -0.25) is 4.79 Å². The maximum absolute atomic E-state index is 11.9. The topological polar surface area (TPSA) is 58.6 Å². The van der Waals surface area contributed by atoms with Crippen LogP contribution in [0, 0.1) is 0 Å². The zero-order chi connectivity index (χ0) is 13.0. The normalized spacial score (nSPS) is 12.1. The Labute approximate surface area is 109 Å². The summed E-state index contributed by atoms with van der Waals surface area (Å²) in [5.41, 5.74) is 0.168. The Kier molecular flexibility index (Phi) is 5.05. The van der Waals surface area contributed by atoms with Crippen LogP contribution in [0.1, 0.15) is 17.3 Å². The van der Waals surface area contributed by atoms with Crippen LogP contribution in [-0.4, -0.2) is 30.8 Å².